The van der Waals surface area contributed by atoms with E-state index in [9.17, 15) is 4.79 Å². The van der Waals surface area contributed by atoms with Crippen LogP contribution in [0.15, 0.2) is 35.1 Å². The van der Waals surface area contributed by atoms with Crippen molar-refractivity contribution < 1.29 is 0 Å². The number of likely N-dealkylation sites (tertiary alicyclic amines) is 1. The summed E-state index contributed by atoms with van der Waals surface area (Å²) in [5, 5.41) is 8.25. The van der Waals surface area contributed by atoms with Crippen molar-refractivity contribution in [3.63, 3.8) is 0 Å². The second-order valence-electron chi connectivity index (χ2n) is 7.57. The molecule has 0 unspecified atom stereocenters. The first-order valence-corrected chi connectivity index (χ1v) is 9.94. The molecule has 6 nitrogen and oxygen atoms in total. The molecule has 26 heavy (non-hydrogen) atoms. The van der Waals surface area contributed by atoms with Crippen LogP contribution in [0.4, 0.5) is 0 Å². The summed E-state index contributed by atoms with van der Waals surface area (Å²) in [4.78, 5) is 15.7. The minimum Gasteiger partial charge on any atom is -0.317 e. The van der Waals surface area contributed by atoms with Gasteiger partial charge in [0.05, 0.1) is 12.2 Å². The van der Waals surface area contributed by atoms with Gasteiger partial charge < -0.3 is 10.2 Å². The molecular formula is C20H29N5O. The van der Waals surface area contributed by atoms with Crippen molar-refractivity contribution in [3.05, 3.63) is 46.6 Å². The number of benzene rings is 1. The Morgan fingerprint density at radius 3 is 2.62 bits per heavy atom. The van der Waals surface area contributed by atoms with E-state index in [1.54, 1.807) is 4.68 Å². The Morgan fingerprint density at radius 2 is 1.92 bits per heavy atom. The van der Waals surface area contributed by atoms with Crippen LogP contribution < -0.4 is 11.0 Å². The number of aromatic nitrogens is 3. The Kier molecular flexibility index (Phi) is 5.22. The van der Waals surface area contributed by atoms with Crippen LogP contribution in [0.1, 0.15) is 37.9 Å². The Balaban J connectivity index is 1.67. The fraction of sp³-hybridized carbons (Fsp3) is 0.600. The molecule has 2 aromatic rings. The van der Waals surface area contributed by atoms with E-state index < -0.39 is 0 Å². The van der Waals surface area contributed by atoms with Crippen LogP contribution in [-0.2, 0) is 6.54 Å². The van der Waals surface area contributed by atoms with E-state index in [1.165, 1.54) is 0 Å². The molecule has 0 radical (unpaired) electrons. The molecule has 140 valence electrons. The number of hydrogen-bond acceptors (Lipinski definition) is 4. The monoisotopic (exact) mass is 355 g/mol. The lowest BCUT2D eigenvalue weighted by atomic mass is 9.97. The van der Waals surface area contributed by atoms with Crippen LogP contribution >= 0.6 is 0 Å². The number of piperidine rings is 1. The van der Waals surface area contributed by atoms with E-state index in [4.69, 9.17) is 5.10 Å². The van der Waals surface area contributed by atoms with E-state index in [2.05, 4.69) is 17.1 Å². The first-order valence-electron chi connectivity index (χ1n) is 9.94. The number of nitrogens with zero attached hydrogens (tertiary/aromatic N) is 4. The molecule has 0 amide bonds. The smallest absolute Gasteiger partial charge is 0.317 e. The molecule has 3 heterocycles. The third-order valence-corrected chi connectivity index (χ3v) is 5.83. The summed E-state index contributed by atoms with van der Waals surface area (Å²) in [6.45, 7) is 8.22. The Hall–Kier alpha value is -1.92. The van der Waals surface area contributed by atoms with Gasteiger partial charge in [0, 0.05) is 12.5 Å². The molecule has 6 heteroatoms. The molecule has 2 aliphatic rings. The lowest BCUT2D eigenvalue weighted by molar-refractivity contribution is 0.326. The number of rotatable bonds is 5. The van der Waals surface area contributed by atoms with Crippen LogP contribution in [-0.4, -0.2) is 52.0 Å². The van der Waals surface area contributed by atoms with Gasteiger partial charge in [-0.2, -0.15) is 5.10 Å². The van der Waals surface area contributed by atoms with Gasteiger partial charge in [-0.25, -0.2) is 14.0 Å². The van der Waals surface area contributed by atoms with Crippen molar-refractivity contribution in [1.82, 2.24) is 24.6 Å². The molecule has 4 rings (SSSR count). The second-order valence-corrected chi connectivity index (χ2v) is 7.57. The van der Waals surface area contributed by atoms with Crippen molar-refractivity contribution in [1.29, 1.82) is 0 Å². The Bertz CT molecular complexity index is 775. The highest BCUT2D eigenvalue weighted by atomic mass is 16.2. The third kappa shape index (κ3) is 3.48. The van der Waals surface area contributed by atoms with Gasteiger partial charge in [-0.15, -0.1) is 0 Å². The van der Waals surface area contributed by atoms with Crippen LogP contribution in [0, 0.1) is 5.92 Å². The summed E-state index contributed by atoms with van der Waals surface area (Å²) in [6, 6.07) is 9.97. The number of para-hydroxylation sites is 1. The predicted molar refractivity (Wildman–Crippen MR) is 103 cm³/mol. The van der Waals surface area contributed by atoms with Gasteiger partial charge in [0.15, 0.2) is 0 Å². The summed E-state index contributed by atoms with van der Waals surface area (Å²) in [5.74, 6) is 1.81. The summed E-state index contributed by atoms with van der Waals surface area (Å²) in [5.41, 5.74) is 0.943. The highest BCUT2D eigenvalue weighted by molar-refractivity contribution is 5.33. The fourth-order valence-electron chi connectivity index (χ4n) is 4.30. The zero-order valence-corrected chi connectivity index (χ0v) is 15.6. The maximum Gasteiger partial charge on any atom is 0.350 e. The van der Waals surface area contributed by atoms with E-state index >= 15 is 0 Å². The van der Waals surface area contributed by atoms with Crippen molar-refractivity contribution in [2.75, 3.05) is 32.7 Å². The topological polar surface area (TPSA) is 55.1 Å². The predicted octanol–water partition coefficient (Wildman–Crippen LogP) is 1.84. The molecule has 2 aliphatic heterocycles. The highest BCUT2D eigenvalue weighted by Gasteiger charge is 2.27. The standard InChI is InChI=1S/C20H29N5O/c1-2-23-13-10-16(14-23)15-24-20(26)25(18-6-4-3-5-7-18)19(22-24)17-8-11-21-12-9-17/h3-7,16-17,21H,2,8-15H2,1H3/t16-/m0/s1. The SMILES string of the molecule is CCN1CC[C@H](Cn2nc(C3CCNCC3)n(-c3ccccc3)c2=O)C1. The second kappa shape index (κ2) is 7.76. The zero-order valence-electron chi connectivity index (χ0n) is 15.6. The molecule has 1 aromatic heterocycles. The van der Waals surface area contributed by atoms with Gasteiger partial charge in [-0.05, 0) is 63.5 Å². The fourth-order valence-corrected chi connectivity index (χ4v) is 4.30. The van der Waals surface area contributed by atoms with Gasteiger partial charge in [-0.3, -0.25) is 0 Å². The van der Waals surface area contributed by atoms with Gasteiger partial charge >= 0.3 is 5.69 Å². The van der Waals surface area contributed by atoms with Gasteiger partial charge in [-0.1, -0.05) is 25.1 Å². The molecule has 1 atom stereocenters. The summed E-state index contributed by atoms with van der Waals surface area (Å²) >= 11 is 0. The van der Waals surface area contributed by atoms with E-state index in [0.717, 1.165) is 70.0 Å². The van der Waals surface area contributed by atoms with Crippen LogP contribution in [0.25, 0.3) is 5.69 Å². The molecule has 0 spiro atoms. The Morgan fingerprint density at radius 1 is 1.15 bits per heavy atom. The maximum absolute atomic E-state index is 13.2. The number of hydrogen-bond donors (Lipinski definition) is 1. The van der Waals surface area contributed by atoms with Crippen LogP contribution in [0.2, 0.25) is 0 Å². The lowest BCUT2D eigenvalue weighted by Gasteiger charge is -2.22. The number of nitrogens with one attached hydrogen (secondary N) is 1. The van der Waals surface area contributed by atoms with Crippen molar-refractivity contribution >= 4 is 0 Å². The Labute approximate surface area is 154 Å². The normalized spacial score (nSPS) is 22.1. The van der Waals surface area contributed by atoms with Crippen LogP contribution in [0.5, 0.6) is 0 Å². The van der Waals surface area contributed by atoms with Crippen molar-refractivity contribution in [2.45, 2.75) is 38.6 Å². The van der Waals surface area contributed by atoms with Gasteiger partial charge in [0.1, 0.15) is 5.82 Å². The molecule has 2 saturated heterocycles. The minimum absolute atomic E-state index is 0.0136. The molecule has 2 fully saturated rings. The first kappa shape index (κ1) is 17.5. The van der Waals surface area contributed by atoms with Crippen molar-refractivity contribution in [2.24, 2.45) is 5.92 Å². The summed E-state index contributed by atoms with van der Waals surface area (Å²) in [6.07, 6.45) is 3.23. The van der Waals surface area contributed by atoms with Gasteiger partial charge in [0.25, 0.3) is 0 Å². The largest absolute Gasteiger partial charge is 0.350 e. The van der Waals surface area contributed by atoms with Gasteiger partial charge in [0.2, 0.25) is 0 Å². The van der Waals surface area contributed by atoms with Crippen LogP contribution in [0.3, 0.4) is 0 Å². The molecule has 1 N–H and O–H groups in total. The minimum atomic E-state index is 0.0136. The van der Waals surface area contributed by atoms with Crippen molar-refractivity contribution in [3.8, 4) is 5.69 Å². The molecular weight excluding hydrogens is 326 g/mol. The highest BCUT2D eigenvalue weighted by Crippen LogP contribution is 2.25. The lowest BCUT2D eigenvalue weighted by Crippen LogP contribution is -2.30. The van der Waals surface area contributed by atoms with E-state index in [1.807, 2.05) is 34.9 Å². The maximum atomic E-state index is 13.2. The zero-order chi connectivity index (χ0) is 17.9. The molecule has 0 bridgehead atoms. The van der Waals surface area contributed by atoms with E-state index in [-0.39, 0.29) is 5.69 Å². The average Bonchev–Trinajstić information content (AvgIpc) is 3.28. The molecule has 0 saturated carbocycles. The average molecular weight is 355 g/mol. The van der Waals surface area contributed by atoms with E-state index in [0.29, 0.717) is 11.8 Å². The third-order valence-electron chi connectivity index (χ3n) is 5.83. The first-order chi connectivity index (χ1) is 12.8. The quantitative estimate of drug-likeness (QED) is 0.889. The molecule has 1 aromatic carbocycles. The summed E-state index contributed by atoms with van der Waals surface area (Å²) in [7, 11) is 0. The summed E-state index contributed by atoms with van der Waals surface area (Å²) < 4.78 is 3.58. The molecule has 0 aliphatic carbocycles.